The molecule has 0 bridgehead atoms. The van der Waals surface area contributed by atoms with Gasteiger partial charge in [0, 0.05) is 24.7 Å². The number of hydrogen-bond donors (Lipinski definition) is 1. The number of pyridine rings is 1. The first kappa shape index (κ1) is 21.8. The molecule has 1 unspecified atom stereocenters. The fourth-order valence-electron chi connectivity index (χ4n) is 4.48. The van der Waals surface area contributed by atoms with Crippen molar-refractivity contribution in [3.05, 3.63) is 61.9 Å². The zero-order chi connectivity index (χ0) is 22.8. The Morgan fingerprint density at radius 2 is 1.88 bits per heavy atom. The molecule has 1 atom stereocenters. The minimum Gasteiger partial charge on any atom is -0.493 e. The van der Waals surface area contributed by atoms with E-state index in [2.05, 4.69) is 16.9 Å². The number of carbonyl (C=O) groups excluding carboxylic acids is 1. The van der Waals surface area contributed by atoms with Crippen LogP contribution in [0.2, 0.25) is 0 Å². The minimum atomic E-state index is -0.498. The zero-order valence-electron chi connectivity index (χ0n) is 18.6. The van der Waals surface area contributed by atoms with Crippen molar-refractivity contribution in [1.29, 1.82) is 0 Å². The lowest BCUT2D eigenvalue weighted by molar-refractivity contribution is 0.0964. The number of Topliss-reactive ketones (excluding diaryl/α,β-unsaturated/α-hetero) is 1. The number of ether oxygens (including phenoxy) is 2. The molecule has 0 fully saturated rings. The Kier molecular flexibility index (Phi) is 6.12. The van der Waals surface area contributed by atoms with E-state index in [0.717, 1.165) is 24.8 Å². The first-order valence-corrected chi connectivity index (χ1v) is 10.9. The molecule has 0 radical (unpaired) electrons. The Bertz CT molecular complexity index is 1290. The number of nitrogens with one attached hydrogen (secondary N) is 1. The van der Waals surface area contributed by atoms with E-state index in [1.165, 1.54) is 10.8 Å². The molecule has 2 aromatic heterocycles. The Balaban J connectivity index is 1.82. The van der Waals surface area contributed by atoms with E-state index in [0.29, 0.717) is 53.0 Å². The number of unbranched alkanes of at least 4 members (excludes halogenated alkanes) is 2. The molecule has 168 valence electrons. The maximum Gasteiger partial charge on any atom is 0.329 e. The molecule has 3 aromatic rings. The van der Waals surface area contributed by atoms with Crippen LogP contribution in [0.1, 0.15) is 60.0 Å². The highest BCUT2D eigenvalue weighted by atomic mass is 16.5. The molecule has 1 aliphatic rings. The Hall–Kier alpha value is -3.42. The number of fused-ring (bicyclic) bond motifs is 3. The number of aromatic amines is 1. The molecular formula is C24H27N3O5. The fourth-order valence-corrected chi connectivity index (χ4v) is 4.48. The molecule has 1 aliphatic carbocycles. The standard InChI is InChI=1S/C24H27N3O5/c1-4-5-6-9-27-22-21(23(29)26-24(27)30)16-10-15(11-18(28)17(16)13-25-22)14-7-8-19(31-2)20(12-14)32-3/h7-8,12-13,15H,4-6,9-11H2,1-3H3,(H,26,29,30). The molecule has 4 rings (SSSR count). The average Bonchev–Trinajstić information content (AvgIpc) is 2.80. The minimum absolute atomic E-state index is 0.0661. The topological polar surface area (TPSA) is 103 Å². The summed E-state index contributed by atoms with van der Waals surface area (Å²) in [4.78, 5) is 45.1. The molecule has 0 saturated carbocycles. The Labute approximate surface area is 185 Å². The van der Waals surface area contributed by atoms with Crippen LogP contribution in [0.4, 0.5) is 0 Å². The van der Waals surface area contributed by atoms with Crippen molar-refractivity contribution < 1.29 is 14.3 Å². The SMILES string of the molecule is CCCCCn1c(=O)[nH]c(=O)c2c3c(cnc21)C(=O)CC(c1ccc(OC)c(OC)c1)C3. The summed E-state index contributed by atoms with van der Waals surface area (Å²) in [5.74, 6) is 1.01. The van der Waals surface area contributed by atoms with Gasteiger partial charge in [-0.1, -0.05) is 25.8 Å². The highest BCUT2D eigenvalue weighted by Crippen LogP contribution is 2.38. The number of methoxy groups -OCH3 is 2. The number of rotatable bonds is 7. The molecule has 8 nitrogen and oxygen atoms in total. The normalized spacial score (nSPS) is 15.6. The lowest BCUT2D eigenvalue weighted by Gasteiger charge is -2.25. The second-order valence-electron chi connectivity index (χ2n) is 8.11. The maximum atomic E-state index is 13.0. The van der Waals surface area contributed by atoms with E-state index in [1.807, 2.05) is 18.2 Å². The van der Waals surface area contributed by atoms with E-state index < -0.39 is 11.2 Å². The summed E-state index contributed by atoms with van der Waals surface area (Å²) in [7, 11) is 3.14. The smallest absolute Gasteiger partial charge is 0.329 e. The predicted molar refractivity (Wildman–Crippen MR) is 121 cm³/mol. The van der Waals surface area contributed by atoms with Gasteiger partial charge in [-0.3, -0.25) is 19.1 Å². The number of hydrogen-bond acceptors (Lipinski definition) is 6. The van der Waals surface area contributed by atoms with Gasteiger partial charge in [0.15, 0.2) is 17.3 Å². The van der Waals surface area contributed by atoms with Crippen LogP contribution in [-0.4, -0.2) is 34.5 Å². The number of benzene rings is 1. The van der Waals surface area contributed by atoms with E-state index >= 15 is 0 Å². The largest absolute Gasteiger partial charge is 0.493 e. The summed E-state index contributed by atoms with van der Waals surface area (Å²) in [6.07, 6.45) is 5.11. The van der Waals surface area contributed by atoms with Crippen LogP contribution < -0.4 is 20.7 Å². The average molecular weight is 437 g/mol. The summed E-state index contributed by atoms with van der Waals surface area (Å²) < 4.78 is 12.2. The molecule has 1 aromatic carbocycles. The summed E-state index contributed by atoms with van der Waals surface area (Å²) >= 11 is 0. The highest BCUT2D eigenvalue weighted by Gasteiger charge is 2.30. The highest BCUT2D eigenvalue weighted by molar-refractivity contribution is 6.02. The van der Waals surface area contributed by atoms with Crippen LogP contribution >= 0.6 is 0 Å². The lowest BCUT2D eigenvalue weighted by Crippen LogP contribution is -2.33. The van der Waals surface area contributed by atoms with Gasteiger partial charge in [0.1, 0.15) is 5.65 Å². The van der Waals surface area contributed by atoms with Crippen molar-refractivity contribution in [1.82, 2.24) is 14.5 Å². The van der Waals surface area contributed by atoms with Crippen LogP contribution in [0.3, 0.4) is 0 Å². The Morgan fingerprint density at radius 1 is 1.09 bits per heavy atom. The molecule has 2 heterocycles. The third kappa shape index (κ3) is 3.81. The number of H-pyrrole nitrogens is 1. The van der Waals surface area contributed by atoms with E-state index in [-0.39, 0.29) is 11.7 Å². The molecule has 0 amide bonds. The lowest BCUT2D eigenvalue weighted by atomic mass is 9.79. The van der Waals surface area contributed by atoms with Gasteiger partial charge < -0.3 is 9.47 Å². The van der Waals surface area contributed by atoms with Crippen molar-refractivity contribution >= 4 is 16.8 Å². The van der Waals surface area contributed by atoms with Crippen molar-refractivity contribution in [2.45, 2.75) is 51.5 Å². The number of aromatic nitrogens is 3. The van der Waals surface area contributed by atoms with E-state index in [9.17, 15) is 14.4 Å². The molecule has 1 N–H and O–H groups in total. The first-order chi connectivity index (χ1) is 15.5. The van der Waals surface area contributed by atoms with E-state index in [4.69, 9.17) is 9.47 Å². The third-order valence-corrected chi connectivity index (χ3v) is 6.16. The summed E-state index contributed by atoms with van der Waals surface area (Å²) in [5.41, 5.74) is 1.41. The molecule has 32 heavy (non-hydrogen) atoms. The van der Waals surface area contributed by atoms with Crippen LogP contribution in [-0.2, 0) is 13.0 Å². The van der Waals surface area contributed by atoms with Crippen molar-refractivity contribution in [3.63, 3.8) is 0 Å². The Morgan fingerprint density at radius 3 is 2.59 bits per heavy atom. The molecular weight excluding hydrogens is 410 g/mol. The number of ketones is 1. The first-order valence-electron chi connectivity index (χ1n) is 10.9. The van der Waals surface area contributed by atoms with Crippen LogP contribution in [0.25, 0.3) is 11.0 Å². The van der Waals surface area contributed by atoms with Crippen LogP contribution in [0.5, 0.6) is 11.5 Å². The van der Waals surface area contributed by atoms with Gasteiger partial charge in [-0.05, 0) is 42.0 Å². The molecule has 8 heteroatoms. The second-order valence-corrected chi connectivity index (χ2v) is 8.11. The number of nitrogens with zero attached hydrogens (tertiary/aromatic N) is 2. The third-order valence-electron chi connectivity index (χ3n) is 6.16. The summed E-state index contributed by atoms with van der Waals surface area (Å²) in [6.45, 7) is 2.56. The molecule has 0 spiro atoms. The summed E-state index contributed by atoms with van der Waals surface area (Å²) in [5, 5.41) is 0.331. The van der Waals surface area contributed by atoms with Gasteiger partial charge in [-0.15, -0.1) is 0 Å². The predicted octanol–water partition coefficient (Wildman–Crippen LogP) is 3.20. The number of carbonyl (C=O) groups is 1. The van der Waals surface area contributed by atoms with Gasteiger partial charge in [-0.25, -0.2) is 9.78 Å². The van der Waals surface area contributed by atoms with Gasteiger partial charge in [0.25, 0.3) is 5.56 Å². The monoisotopic (exact) mass is 437 g/mol. The maximum absolute atomic E-state index is 13.0. The van der Waals surface area contributed by atoms with Crippen LogP contribution in [0, 0.1) is 0 Å². The molecule has 0 aliphatic heterocycles. The van der Waals surface area contributed by atoms with Crippen LogP contribution in [0.15, 0.2) is 34.0 Å². The van der Waals surface area contributed by atoms with Gasteiger partial charge in [-0.2, -0.15) is 0 Å². The van der Waals surface area contributed by atoms with Gasteiger partial charge in [0.2, 0.25) is 0 Å². The fraction of sp³-hybridized carbons (Fsp3) is 0.417. The van der Waals surface area contributed by atoms with Crippen molar-refractivity contribution in [3.8, 4) is 11.5 Å². The van der Waals surface area contributed by atoms with Gasteiger partial charge >= 0.3 is 5.69 Å². The van der Waals surface area contributed by atoms with Crippen molar-refractivity contribution in [2.75, 3.05) is 14.2 Å². The number of aryl methyl sites for hydroxylation is 1. The van der Waals surface area contributed by atoms with E-state index in [1.54, 1.807) is 14.2 Å². The molecule has 0 saturated heterocycles. The zero-order valence-corrected chi connectivity index (χ0v) is 18.6. The van der Waals surface area contributed by atoms with Gasteiger partial charge in [0.05, 0.1) is 19.6 Å². The quantitative estimate of drug-likeness (QED) is 0.570. The summed E-state index contributed by atoms with van der Waals surface area (Å²) in [6, 6.07) is 5.60. The van der Waals surface area contributed by atoms with Crippen molar-refractivity contribution in [2.24, 2.45) is 0 Å². The second kappa shape index (κ2) is 8.98.